The molecule has 4 rings (SSSR count). The monoisotopic (exact) mass is 531 g/mol. The zero-order chi connectivity index (χ0) is 20.9. The molecule has 2 N–H and O–H groups in total. The second kappa shape index (κ2) is 10.4. The third-order valence-corrected chi connectivity index (χ3v) is 5.10. The van der Waals surface area contributed by atoms with E-state index in [1.165, 1.54) is 0 Å². The minimum atomic E-state index is 0. The molecule has 1 aliphatic heterocycles. The number of hydrogen-bond acceptors (Lipinski definition) is 4. The highest BCUT2D eigenvalue weighted by molar-refractivity contribution is 14.0. The van der Waals surface area contributed by atoms with Gasteiger partial charge in [-0.05, 0) is 30.7 Å². The van der Waals surface area contributed by atoms with Gasteiger partial charge in [-0.15, -0.1) is 24.0 Å². The third-order valence-electron chi connectivity index (χ3n) is 5.10. The lowest BCUT2D eigenvalue weighted by molar-refractivity contribution is -0.117. The van der Waals surface area contributed by atoms with Gasteiger partial charge in [0, 0.05) is 50.8 Å². The van der Waals surface area contributed by atoms with Crippen LogP contribution in [-0.2, 0) is 11.3 Å². The van der Waals surface area contributed by atoms with Crippen molar-refractivity contribution in [3.05, 3.63) is 72.4 Å². The van der Waals surface area contributed by atoms with E-state index in [1.807, 2.05) is 71.2 Å². The van der Waals surface area contributed by atoms with Crippen molar-refractivity contribution < 1.29 is 4.79 Å². The molecule has 9 heteroatoms. The maximum absolute atomic E-state index is 12.4. The standard InChI is InChI=1S/C22H25N7O.HI/c1-16-24-10-11-28(16)20-9-8-17(13-25-20)14-26-22(23-2)27-18-12-21(30)29(15-18)19-6-4-3-5-7-19;/h3-11,13,18H,12,14-15H2,1-2H3,(H2,23,26,27);1H. The Balaban J connectivity index is 0.00000272. The molecule has 1 atom stereocenters. The Kier molecular flexibility index (Phi) is 7.61. The summed E-state index contributed by atoms with van der Waals surface area (Å²) < 4.78 is 1.94. The number of aromatic nitrogens is 3. The van der Waals surface area contributed by atoms with E-state index in [2.05, 4.69) is 25.6 Å². The van der Waals surface area contributed by atoms with E-state index in [0.29, 0.717) is 25.5 Å². The molecule has 1 aliphatic rings. The molecule has 1 amide bonds. The van der Waals surface area contributed by atoms with Gasteiger partial charge in [0.15, 0.2) is 5.96 Å². The highest BCUT2D eigenvalue weighted by Crippen LogP contribution is 2.21. The SMILES string of the molecule is CN=C(NCc1ccc(-n2ccnc2C)nc1)NC1CC(=O)N(c2ccccc2)C1.I. The Labute approximate surface area is 198 Å². The van der Waals surface area contributed by atoms with Crippen LogP contribution in [0.25, 0.3) is 5.82 Å². The first-order chi connectivity index (χ1) is 14.6. The summed E-state index contributed by atoms with van der Waals surface area (Å²) in [5.74, 6) is 2.51. The number of halogens is 1. The van der Waals surface area contributed by atoms with Gasteiger partial charge in [-0.2, -0.15) is 0 Å². The van der Waals surface area contributed by atoms with Gasteiger partial charge in [-0.1, -0.05) is 24.3 Å². The number of guanidine groups is 1. The Morgan fingerprint density at radius 2 is 2.00 bits per heavy atom. The number of benzene rings is 1. The van der Waals surface area contributed by atoms with Crippen LogP contribution < -0.4 is 15.5 Å². The fourth-order valence-corrected chi connectivity index (χ4v) is 3.52. The second-order valence-electron chi connectivity index (χ2n) is 7.18. The fourth-order valence-electron chi connectivity index (χ4n) is 3.52. The normalized spacial score (nSPS) is 16.2. The number of rotatable bonds is 5. The number of hydrogen-bond donors (Lipinski definition) is 2. The van der Waals surface area contributed by atoms with Crippen LogP contribution in [0.2, 0.25) is 0 Å². The van der Waals surface area contributed by atoms with Gasteiger partial charge in [0.05, 0.1) is 6.04 Å². The summed E-state index contributed by atoms with van der Waals surface area (Å²) >= 11 is 0. The third kappa shape index (κ3) is 5.40. The first-order valence-electron chi connectivity index (χ1n) is 9.92. The molecule has 1 fully saturated rings. The lowest BCUT2D eigenvalue weighted by Crippen LogP contribution is -2.44. The zero-order valence-corrected chi connectivity index (χ0v) is 19.9. The molecule has 8 nitrogen and oxygen atoms in total. The molecule has 162 valence electrons. The summed E-state index contributed by atoms with van der Waals surface area (Å²) in [4.78, 5) is 27.2. The molecule has 0 saturated carbocycles. The molecule has 1 unspecified atom stereocenters. The first-order valence-corrected chi connectivity index (χ1v) is 9.92. The molecule has 0 spiro atoms. The number of carbonyl (C=O) groups excluding carboxylic acids is 1. The van der Waals surface area contributed by atoms with Gasteiger partial charge in [-0.25, -0.2) is 9.97 Å². The molecule has 1 saturated heterocycles. The molecule has 0 bridgehead atoms. The Bertz CT molecular complexity index is 1030. The molecular weight excluding hydrogens is 505 g/mol. The average Bonchev–Trinajstić information content (AvgIpc) is 3.37. The van der Waals surface area contributed by atoms with E-state index in [-0.39, 0.29) is 35.9 Å². The van der Waals surface area contributed by atoms with E-state index in [1.54, 1.807) is 13.2 Å². The number of amides is 1. The topological polar surface area (TPSA) is 87.4 Å². The van der Waals surface area contributed by atoms with Crippen molar-refractivity contribution in [3.63, 3.8) is 0 Å². The van der Waals surface area contributed by atoms with Gasteiger partial charge in [0.1, 0.15) is 11.6 Å². The van der Waals surface area contributed by atoms with Gasteiger partial charge >= 0.3 is 0 Å². The predicted molar refractivity (Wildman–Crippen MR) is 132 cm³/mol. The second-order valence-corrected chi connectivity index (χ2v) is 7.18. The number of aliphatic imine (C=N–C) groups is 1. The number of nitrogens with zero attached hydrogens (tertiary/aromatic N) is 5. The van der Waals surface area contributed by atoms with E-state index in [4.69, 9.17) is 0 Å². The van der Waals surface area contributed by atoms with Gasteiger partial charge < -0.3 is 15.5 Å². The minimum Gasteiger partial charge on any atom is -0.352 e. The van der Waals surface area contributed by atoms with Crippen LogP contribution >= 0.6 is 24.0 Å². The van der Waals surface area contributed by atoms with Crippen LogP contribution in [0.1, 0.15) is 17.8 Å². The average molecular weight is 531 g/mol. The quantitative estimate of drug-likeness (QED) is 0.301. The Morgan fingerprint density at radius 3 is 2.65 bits per heavy atom. The van der Waals surface area contributed by atoms with E-state index in [9.17, 15) is 4.79 Å². The summed E-state index contributed by atoms with van der Waals surface area (Å²) in [6.07, 6.45) is 5.93. The van der Waals surface area contributed by atoms with Crippen molar-refractivity contribution >= 4 is 41.5 Å². The van der Waals surface area contributed by atoms with E-state index >= 15 is 0 Å². The summed E-state index contributed by atoms with van der Waals surface area (Å²) in [5, 5.41) is 6.65. The lowest BCUT2D eigenvalue weighted by atomic mass is 10.2. The number of anilines is 1. The summed E-state index contributed by atoms with van der Waals surface area (Å²) in [7, 11) is 1.73. The van der Waals surface area contributed by atoms with Crippen LogP contribution in [0.15, 0.2) is 66.0 Å². The molecule has 31 heavy (non-hydrogen) atoms. The van der Waals surface area contributed by atoms with Gasteiger partial charge in [0.25, 0.3) is 0 Å². The Hall–Kier alpha value is -2.95. The van der Waals surface area contributed by atoms with E-state index in [0.717, 1.165) is 22.9 Å². The number of pyridine rings is 1. The van der Waals surface area contributed by atoms with Crippen molar-refractivity contribution in [2.75, 3.05) is 18.5 Å². The number of imidazole rings is 1. The smallest absolute Gasteiger partial charge is 0.229 e. The Morgan fingerprint density at radius 1 is 1.19 bits per heavy atom. The van der Waals surface area contributed by atoms with Gasteiger partial charge in [-0.3, -0.25) is 14.4 Å². The summed E-state index contributed by atoms with van der Waals surface area (Å²) in [6.45, 7) is 3.14. The summed E-state index contributed by atoms with van der Waals surface area (Å²) in [6, 6.07) is 13.7. The zero-order valence-electron chi connectivity index (χ0n) is 17.5. The highest BCUT2D eigenvalue weighted by atomic mass is 127. The molecular formula is C22H26IN7O. The van der Waals surface area contributed by atoms with Crippen LogP contribution in [-0.4, -0.2) is 46.0 Å². The van der Waals surface area contributed by atoms with Crippen molar-refractivity contribution in [2.24, 2.45) is 4.99 Å². The van der Waals surface area contributed by atoms with Crippen molar-refractivity contribution in [3.8, 4) is 5.82 Å². The van der Waals surface area contributed by atoms with Crippen molar-refractivity contribution in [1.82, 2.24) is 25.2 Å². The van der Waals surface area contributed by atoms with Crippen molar-refractivity contribution in [2.45, 2.75) is 25.9 Å². The maximum Gasteiger partial charge on any atom is 0.229 e. The molecule has 3 heterocycles. The molecule has 1 aromatic carbocycles. The van der Waals surface area contributed by atoms with Crippen LogP contribution in [0.4, 0.5) is 5.69 Å². The van der Waals surface area contributed by atoms with Gasteiger partial charge in [0.2, 0.25) is 5.91 Å². The first kappa shape index (κ1) is 22.7. The largest absolute Gasteiger partial charge is 0.352 e. The van der Waals surface area contributed by atoms with Crippen LogP contribution in [0.3, 0.4) is 0 Å². The lowest BCUT2D eigenvalue weighted by Gasteiger charge is -2.19. The number of nitrogens with one attached hydrogen (secondary N) is 2. The molecule has 0 radical (unpaired) electrons. The fraction of sp³-hybridized carbons (Fsp3) is 0.273. The maximum atomic E-state index is 12.4. The summed E-state index contributed by atoms with van der Waals surface area (Å²) in [5.41, 5.74) is 1.96. The minimum absolute atomic E-state index is 0. The number of aryl methyl sites for hydroxylation is 1. The van der Waals surface area contributed by atoms with Crippen LogP contribution in [0.5, 0.6) is 0 Å². The molecule has 0 aliphatic carbocycles. The number of carbonyl (C=O) groups is 1. The number of para-hydroxylation sites is 1. The van der Waals surface area contributed by atoms with E-state index < -0.39 is 0 Å². The van der Waals surface area contributed by atoms with Crippen LogP contribution in [0, 0.1) is 6.92 Å². The van der Waals surface area contributed by atoms with Crippen molar-refractivity contribution in [1.29, 1.82) is 0 Å². The molecule has 2 aromatic heterocycles. The highest BCUT2D eigenvalue weighted by Gasteiger charge is 2.31. The molecule has 3 aromatic rings. The predicted octanol–water partition coefficient (Wildman–Crippen LogP) is 2.66.